The van der Waals surface area contributed by atoms with Gasteiger partial charge >= 0.3 is 0 Å². The maximum Gasteiger partial charge on any atom is 0.133 e. The molecule has 0 unspecified atom stereocenters. The lowest BCUT2D eigenvalue weighted by Crippen LogP contribution is -1.93. The first kappa shape index (κ1) is 27.7. The molecule has 194 valence electrons. The van der Waals surface area contributed by atoms with E-state index >= 15 is 0 Å². The van der Waals surface area contributed by atoms with Crippen LogP contribution in [-0.2, 0) is 0 Å². The third-order valence-corrected chi connectivity index (χ3v) is 6.38. The molecule has 0 aliphatic heterocycles. The van der Waals surface area contributed by atoms with Crippen LogP contribution in [0.1, 0.15) is 50.1 Å². The number of rotatable bonds is 4. The average molecular weight is 499 g/mol. The number of hydrogen-bond acceptors (Lipinski definition) is 4. The Hall–Kier alpha value is -3.92. The van der Waals surface area contributed by atoms with E-state index in [9.17, 15) is 10.2 Å². The second-order valence-electron chi connectivity index (χ2n) is 9.96. The summed E-state index contributed by atoms with van der Waals surface area (Å²) in [4.78, 5) is 0. The molecule has 0 aliphatic rings. The van der Waals surface area contributed by atoms with Crippen molar-refractivity contribution in [3.05, 3.63) is 105 Å². The van der Waals surface area contributed by atoms with Gasteiger partial charge in [-0.1, -0.05) is 35.9 Å². The first-order chi connectivity index (χ1) is 17.4. The van der Waals surface area contributed by atoms with Gasteiger partial charge in [-0.2, -0.15) is 0 Å². The number of phenolic OH excluding ortho intramolecular Hbond substituents is 2. The molecule has 4 heteroatoms. The number of benzene rings is 4. The van der Waals surface area contributed by atoms with E-state index in [-0.39, 0.29) is 0 Å². The minimum Gasteiger partial charge on any atom is -0.507 e. The summed E-state index contributed by atoms with van der Waals surface area (Å²) >= 11 is 0. The average Bonchev–Trinajstić information content (AvgIpc) is 2.81. The molecule has 0 aromatic heterocycles. The number of phenols is 2. The standard InChI is InChI=1S/C17H20O2.C16H18O2/c1-10-6-13(4)17(14(5)7-10)19-15-8-11(2)16(18)12(3)9-15;1-10-6-5-7-11(2)16(10)18-14-8-12(3)15(17)13(4)9-14/h6-9,18H,1-5H3;5-9,17H,1-4H3. The Morgan fingerprint density at radius 1 is 0.432 bits per heavy atom. The fourth-order valence-electron chi connectivity index (χ4n) is 4.47. The molecule has 0 aliphatic carbocycles. The predicted octanol–water partition coefficient (Wildman–Crippen LogP) is 9.14. The van der Waals surface area contributed by atoms with E-state index in [1.807, 2.05) is 84.0 Å². The summed E-state index contributed by atoms with van der Waals surface area (Å²) in [5.41, 5.74) is 9.03. The Morgan fingerprint density at radius 3 is 1.11 bits per heavy atom. The van der Waals surface area contributed by atoms with E-state index in [1.165, 1.54) is 5.56 Å². The molecule has 0 fully saturated rings. The fraction of sp³-hybridized carbons (Fsp3) is 0.273. The molecule has 2 N–H and O–H groups in total. The Labute approximate surface area is 221 Å². The van der Waals surface area contributed by atoms with Gasteiger partial charge in [-0.15, -0.1) is 0 Å². The van der Waals surface area contributed by atoms with Crippen molar-refractivity contribution in [3.63, 3.8) is 0 Å². The zero-order valence-electron chi connectivity index (χ0n) is 23.4. The summed E-state index contributed by atoms with van der Waals surface area (Å²) in [7, 11) is 0. The highest BCUT2D eigenvalue weighted by Crippen LogP contribution is 2.34. The van der Waals surface area contributed by atoms with Crippen molar-refractivity contribution < 1.29 is 19.7 Å². The highest BCUT2D eigenvalue weighted by Gasteiger charge is 2.10. The summed E-state index contributed by atoms with van der Waals surface area (Å²) in [6.07, 6.45) is 0. The molecule has 0 amide bonds. The SMILES string of the molecule is Cc1cc(C)c(Oc2cc(C)c(O)c(C)c2)c(C)c1.Cc1cc(Oc2c(C)cccc2C)cc(C)c1O. The van der Waals surface area contributed by atoms with E-state index in [1.54, 1.807) is 0 Å². The molecule has 0 radical (unpaired) electrons. The Kier molecular flexibility index (Phi) is 8.54. The van der Waals surface area contributed by atoms with Crippen molar-refractivity contribution in [2.75, 3.05) is 0 Å². The second-order valence-corrected chi connectivity index (χ2v) is 9.96. The Bertz CT molecular complexity index is 1340. The van der Waals surface area contributed by atoms with Crippen LogP contribution in [0, 0.1) is 62.3 Å². The number of ether oxygens (including phenoxy) is 2. The molecule has 4 aromatic carbocycles. The molecule has 0 spiro atoms. The van der Waals surface area contributed by atoms with E-state index in [4.69, 9.17) is 9.47 Å². The number of aryl methyl sites for hydroxylation is 9. The van der Waals surface area contributed by atoms with Crippen molar-refractivity contribution in [2.45, 2.75) is 62.3 Å². The van der Waals surface area contributed by atoms with Gasteiger partial charge in [-0.05, 0) is 131 Å². The molecule has 0 atom stereocenters. The zero-order chi connectivity index (χ0) is 27.4. The van der Waals surface area contributed by atoms with Crippen molar-refractivity contribution in [1.29, 1.82) is 0 Å². The van der Waals surface area contributed by atoms with E-state index in [2.05, 4.69) is 32.9 Å². The van der Waals surface area contributed by atoms with E-state index in [0.717, 1.165) is 67.5 Å². The van der Waals surface area contributed by atoms with Crippen molar-refractivity contribution in [1.82, 2.24) is 0 Å². The molecule has 0 heterocycles. The quantitative estimate of drug-likeness (QED) is 0.294. The Balaban J connectivity index is 0.000000206. The van der Waals surface area contributed by atoms with Crippen LogP contribution >= 0.6 is 0 Å². The van der Waals surface area contributed by atoms with E-state index < -0.39 is 0 Å². The third kappa shape index (κ3) is 6.65. The van der Waals surface area contributed by atoms with Crippen LogP contribution in [-0.4, -0.2) is 10.2 Å². The number of hydrogen-bond donors (Lipinski definition) is 2. The lowest BCUT2D eigenvalue weighted by Gasteiger charge is -2.14. The van der Waals surface area contributed by atoms with Crippen LogP contribution in [0.25, 0.3) is 0 Å². The van der Waals surface area contributed by atoms with Gasteiger partial charge in [0.25, 0.3) is 0 Å². The number of para-hydroxylation sites is 1. The predicted molar refractivity (Wildman–Crippen MR) is 152 cm³/mol. The maximum atomic E-state index is 9.79. The molecule has 0 saturated heterocycles. The summed E-state index contributed by atoms with van der Waals surface area (Å²) in [6.45, 7) is 17.8. The van der Waals surface area contributed by atoms with Gasteiger partial charge in [0.2, 0.25) is 0 Å². The van der Waals surface area contributed by atoms with Gasteiger partial charge in [-0.3, -0.25) is 0 Å². The van der Waals surface area contributed by atoms with Gasteiger partial charge in [0, 0.05) is 0 Å². The van der Waals surface area contributed by atoms with Crippen LogP contribution in [0.4, 0.5) is 0 Å². The van der Waals surface area contributed by atoms with Gasteiger partial charge in [0.05, 0.1) is 0 Å². The highest BCUT2D eigenvalue weighted by atomic mass is 16.5. The van der Waals surface area contributed by atoms with Crippen molar-refractivity contribution >= 4 is 0 Å². The normalized spacial score (nSPS) is 10.5. The molecule has 0 bridgehead atoms. The fourth-order valence-corrected chi connectivity index (χ4v) is 4.47. The molecule has 4 rings (SSSR count). The molecule has 0 saturated carbocycles. The summed E-state index contributed by atoms with van der Waals surface area (Å²) < 4.78 is 11.9. The molecule has 4 aromatic rings. The maximum absolute atomic E-state index is 9.79. The lowest BCUT2D eigenvalue weighted by atomic mass is 10.1. The van der Waals surface area contributed by atoms with Gasteiger partial charge in [0.1, 0.15) is 34.5 Å². The van der Waals surface area contributed by atoms with Crippen molar-refractivity contribution in [3.8, 4) is 34.5 Å². The van der Waals surface area contributed by atoms with Crippen LogP contribution in [0.15, 0.2) is 54.6 Å². The van der Waals surface area contributed by atoms with Crippen LogP contribution in [0.5, 0.6) is 34.5 Å². The zero-order valence-corrected chi connectivity index (χ0v) is 23.4. The molecular weight excluding hydrogens is 460 g/mol. The minimum atomic E-state index is 0.337. The first-order valence-electron chi connectivity index (χ1n) is 12.5. The second kappa shape index (κ2) is 11.4. The molecule has 4 nitrogen and oxygen atoms in total. The van der Waals surface area contributed by atoms with Crippen LogP contribution < -0.4 is 9.47 Å². The third-order valence-electron chi connectivity index (χ3n) is 6.38. The lowest BCUT2D eigenvalue weighted by molar-refractivity contribution is 0.454. The Morgan fingerprint density at radius 2 is 0.757 bits per heavy atom. The number of aromatic hydroxyl groups is 2. The highest BCUT2D eigenvalue weighted by molar-refractivity contribution is 5.50. The van der Waals surface area contributed by atoms with Gasteiger partial charge in [0.15, 0.2) is 0 Å². The van der Waals surface area contributed by atoms with Gasteiger partial charge in [-0.25, -0.2) is 0 Å². The topological polar surface area (TPSA) is 58.9 Å². The smallest absolute Gasteiger partial charge is 0.133 e. The first-order valence-corrected chi connectivity index (χ1v) is 12.5. The summed E-state index contributed by atoms with van der Waals surface area (Å²) in [5.74, 6) is 3.99. The van der Waals surface area contributed by atoms with Gasteiger partial charge < -0.3 is 19.7 Å². The van der Waals surface area contributed by atoms with Crippen LogP contribution in [0.2, 0.25) is 0 Å². The minimum absolute atomic E-state index is 0.337. The monoisotopic (exact) mass is 498 g/mol. The van der Waals surface area contributed by atoms with E-state index in [0.29, 0.717) is 11.5 Å². The van der Waals surface area contributed by atoms with Crippen molar-refractivity contribution in [2.24, 2.45) is 0 Å². The summed E-state index contributed by atoms with van der Waals surface area (Å²) in [5, 5.41) is 19.5. The summed E-state index contributed by atoms with van der Waals surface area (Å²) in [6, 6.07) is 17.7. The molecule has 37 heavy (non-hydrogen) atoms. The molecular formula is C33H38O4. The van der Waals surface area contributed by atoms with Crippen LogP contribution in [0.3, 0.4) is 0 Å². The largest absolute Gasteiger partial charge is 0.507 e.